The van der Waals surface area contributed by atoms with Gasteiger partial charge in [0.25, 0.3) is 0 Å². The number of rotatable bonds is 5. The average molecular weight is 278 g/mol. The van der Waals surface area contributed by atoms with Crippen LogP contribution < -0.4 is 5.32 Å². The highest BCUT2D eigenvalue weighted by Gasteiger charge is 2.10. The molecule has 0 spiro atoms. The van der Waals surface area contributed by atoms with Crippen LogP contribution in [0.5, 0.6) is 0 Å². The third kappa shape index (κ3) is 3.17. The molecule has 0 radical (unpaired) electrons. The van der Waals surface area contributed by atoms with Crippen LogP contribution in [0.25, 0.3) is 11.1 Å². The van der Waals surface area contributed by atoms with Crippen LogP contribution in [0.3, 0.4) is 0 Å². The third-order valence-corrected chi connectivity index (χ3v) is 3.52. The zero-order valence-electron chi connectivity index (χ0n) is 11.7. The molecule has 1 N–H and O–H groups in total. The quantitative estimate of drug-likeness (QED) is 0.908. The van der Waals surface area contributed by atoms with Gasteiger partial charge in [0.15, 0.2) is 0 Å². The van der Waals surface area contributed by atoms with Gasteiger partial charge < -0.3 is 5.32 Å². The van der Waals surface area contributed by atoms with Gasteiger partial charge in [-0.15, -0.1) is 0 Å². The van der Waals surface area contributed by atoms with Gasteiger partial charge in [-0.3, -0.25) is 4.68 Å². The van der Waals surface area contributed by atoms with E-state index in [4.69, 9.17) is 11.6 Å². The Morgan fingerprint density at radius 1 is 1.32 bits per heavy atom. The number of nitrogens with one attached hydrogen (secondary N) is 1. The number of benzene rings is 1. The van der Waals surface area contributed by atoms with Crippen LogP contribution in [-0.2, 0) is 20.0 Å². The number of hydrogen-bond donors (Lipinski definition) is 1. The van der Waals surface area contributed by atoms with E-state index < -0.39 is 0 Å². The van der Waals surface area contributed by atoms with Crippen molar-refractivity contribution in [3.63, 3.8) is 0 Å². The Labute approximate surface area is 119 Å². The van der Waals surface area contributed by atoms with E-state index in [-0.39, 0.29) is 0 Å². The fourth-order valence-electron chi connectivity index (χ4n) is 2.15. The molecule has 0 saturated carbocycles. The molecule has 0 unspecified atom stereocenters. The molecule has 1 heterocycles. The Morgan fingerprint density at radius 3 is 2.74 bits per heavy atom. The van der Waals surface area contributed by atoms with Crippen molar-refractivity contribution in [2.24, 2.45) is 7.05 Å². The number of halogens is 1. The lowest BCUT2D eigenvalue weighted by Crippen LogP contribution is -2.11. The topological polar surface area (TPSA) is 29.9 Å². The normalized spacial score (nSPS) is 10.9. The van der Waals surface area contributed by atoms with E-state index in [1.54, 1.807) is 0 Å². The van der Waals surface area contributed by atoms with Gasteiger partial charge >= 0.3 is 0 Å². The molecular formula is C15H20ClN3. The van der Waals surface area contributed by atoms with Crippen LogP contribution in [0.15, 0.2) is 24.4 Å². The number of aryl methyl sites for hydroxylation is 2. The lowest BCUT2D eigenvalue weighted by atomic mass is 10.0. The van der Waals surface area contributed by atoms with E-state index in [0.717, 1.165) is 41.4 Å². The SMILES string of the molecule is CCNCc1ccc(-c2cn(C)nc2CC)cc1Cl. The van der Waals surface area contributed by atoms with Gasteiger partial charge in [-0.1, -0.05) is 37.6 Å². The maximum absolute atomic E-state index is 6.35. The van der Waals surface area contributed by atoms with Crippen molar-refractivity contribution < 1.29 is 0 Å². The molecule has 0 atom stereocenters. The highest BCUT2D eigenvalue weighted by atomic mass is 35.5. The second kappa shape index (κ2) is 6.22. The first-order valence-corrected chi connectivity index (χ1v) is 7.05. The van der Waals surface area contributed by atoms with Gasteiger partial charge in [0.05, 0.1) is 5.69 Å². The van der Waals surface area contributed by atoms with Gasteiger partial charge in [0, 0.05) is 30.4 Å². The average Bonchev–Trinajstić information content (AvgIpc) is 2.78. The molecule has 0 saturated heterocycles. The molecule has 2 rings (SSSR count). The fourth-order valence-corrected chi connectivity index (χ4v) is 2.40. The van der Waals surface area contributed by atoms with Gasteiger partial charge in [0.2, 0.25) is 0 Å². The number of hydrogen-bond acceptors (Lipinski definition) is 2. The molecule has 0 aliphatic rings. The molecular weight excluding hydrogens is 258 g/mol. The molecule has 0 fully saturated rings. The standard InChI is InChI=1S/C15H20ClN3/c1-4-15-13(10-19(3)18-15)11-6-7-12(9-17-5-2)14(16)8-11/h6-8,10,17H,4-5,9H2,1-3H3. The van der Waals surface area contributed by atoms with Crippen molar-refractivity contribution in [3.05, 3.63) is 40.7 Å². The first-order valence-electron chi connectivity index (χ1n) is 6.67. The van der Waals surface area contributed by atoms with Crippen LogP contribution >= 0.6 is 11.6 Å². The summed E-state index contributed by atoms with van der Waals surface area (Å²) in [4.78, 5) is 0. The molecule has 0 amide bonds. The zero-order chi connectivity index (χ0) is 13.8. The molecule has 3 nitrogen and oxygen atoms in total. The number of nitrogens with zero attached hydrogens (tertiary/aromatic N) is 2. The van der Waals surface area contributed by atoms with E-state index in [1.807, 2.05) is 17.8 Å². The Balaban J connectivity index is 2.33. The van der Waals surface area contributed by atoms with Crippen molar-refractivity contribution in [2.45, 2.75) is 26.8 Å². The Bertz CT molecular complexity index is 561. The fraction of sp³-hybridized carbons (Fsp3) is 0.400. The minimum atomic E-state index is 0.809. The van der Waals surface area contributed by atoms with Crippen molar-refractivity contribution in [1.29, 1.82) is 0 Å². The summed E-state index contributed by atoms with van der Waals surface area (Å²) in [6.07, 6.45) is 2.97. The summed E-state index contributed by atoms with van der Waals surface area (Å²) in [5.41, 5.74) is 4.55. The summed E-state index contributed by atoms with van der Waals surface area (Å²) in [6.45, 7) is 5.96. The molecule has 0 bridgehead atoms. The minimum Gasteiger partial charge on any atom is -0.313 e. The summed E-state index contributed by atoms with van der Waals surface area (Å²) < 4.78 is 1.86. The second-order valence-corrected chi connectivity index (χ2v) is 5.01. The molecule has 0 aliphatic carbocycles. The largest absolute Gasteiger partial charge is 0.313 e. The molecule has 2 aromatic rings. The van der Waals surface area contributed by atoms with Gasteiger partial charge in [-0.2, -0.15) is 5.10 Å². The van der Waals surface area contributed by atoms with E-state index in [1.165, 1.54) is 5.56 Å². The lowest BCUT2D eigenvalue weighted by molar-refractivity contribution is 0.727. The summed E-state index contributed by atoms with van der Waals surface area (Å²) in [5, 5.41) is 8.57. The predicted octanol–water partition coefficient (Wildman–Crippen LogP) is 3.41. The van der Waals surface area contributed by atoms with E-state index in [9.17, 15) is 0 Å². The molecule has 1 aromatic heterocycles. The molecule has 4 heteroatoms. The van der Waals surface area contributed by atoms with Crippen molar-refractivity contribution in [3.8, 4) is 11.1 Å². The van der Waals surface area contributed by atoms with Crippen molar-refractivity contribution in [2.75, 3.05) is 6.54 Å². The number of aromatic nitrogens is 2. The first kappa shape index (κ1) is 14.1. The Kier molecular flexibility index (Phi) is 4.61. The molecule has 0 aliphatic heterocycles. The third-order valence-electron chi connectivity index (χ3n) is 3.17. The van der Waals surface area contributed by atoms with E-state index >= 15 is 0 Å². The first-order chi connectivity index (χ1) is 9.15. The molecule has 1 aromatic carbocycles. The highest BCUT2D eigenvalue weighted by molar-refractivity contribution is 6.31. The summed E-state index contributed by atoms with van der Waals surface area (Å²) in [7, 11) is 1.95. The van der Waals surface area contributed by atoms with Crippen LogP contribution in [0.4, 0.5) is 0 Å². The van der Waals surface area contributed by atoms with Crippen LogP contribution in [-0.4, -0.2) is 16.3 Å². The molecule has 19 heavy (non-hydrogen) atoms. The van der Waals surface area contributed by atoms with Crippen molar-refractivity contribution >= 4 is 11.6 Å². The summed E-state index contributed by atoms with van der Waals surface area (Å²) >= 11 is 6.35. The highest BCUT2D eigenvalue weighted by Crippen LogP contribution is 2.28. The lowest BCUT2D eigenvalue weighted by Gasteiger charge is -2.07. The van der Waals surface area contributed by atoms with Crippen LogP contribution in [0, 0.1) is 0 Å². The van der Waals surface area contributed by atoms with Gasteiger partial charge in [-0.25, -0.2) is 0 Å². The Hall–Kier alpha value is -1.32. The van der Waals surface area contributed by atoms with Crippen LogP contribution in [0.1, 0.15) is 25.1 Å². The summed E-state index contributed by atoms with van der Waals surface area (Å²) in [5.74, 6) is 0. The smallest absolute Gasteiger partial charge is 0.0700 e. The monoisotopic (exact) mass is 277 g/mol. The minimum absolute atomic E-state index is 0.809. The Morgan fingerprint density at radius 2 is 2.11 bits per heavy atom. The second-order valence-electron chi connectivity index (χ2n) is 4.60. The van der Waals surface area contributed by atoms with Gasteiger partial charge in [0.1, 0.15) is 0 Å². The maximum atomic E-state index is 6.35. The van der Waals surface area contributed by atoms with Gasteiger partial charge in [-0.05, 0) is 30.2 Å². The zero-order valence-corrected chi connectivity index (χ0v) is 12.5. The van der Waals surface area contributed by atoms with Crippen molar-refractivity contribution in [1.82, 2.24) is 15.1 Å². The van der Waals surface area contributed by atoms with E-state index in [0.29, 0.717) is 0 Å². The predicted molar refractivity (Wildman–Crippen MR) is 80.4 cm³/mol. The molecule has 102 valence electrons. The maximum Gasteiger partial charge on any atom is 0.0700 e. The van der Waals surface area contributed by atoms with E-state index in [2.05, 4.69) is 42.6 Å². The van der Waals surface area contributed by atoms with Crippen LogP contribution in [0.2, 0.25) is 5.02 Å². The summed E-state index contributed by atoms with van der Waals surface area (Å²) in [6, 6.07) is 6.24.